The van der Waals surface area contributed by atoms with Crippen molar-refractivity contribution >= 4 is 29.0 Å². The first-order valence-corrected chi connectivity index (χ1v) is 6.95. The van der Waals surface area contributed by atoms with Crippen molar-refractivity contribution in [2.24, 2.45) is 11.8 Å². The van der Waals surface area contributed by atoms with E-state index in [-0.39, 0.29) is 17.8 Å². The largest absolute Gasteiger partial charge is 0.315 e. The van der Waals surface area contributed by atoms with E-state index in [1.807, 2.05) is 26.0 Å². The van der Waals surface area contributed by atoms with Crippen molar-refractivity contribution in [2.45, 2.75) is 19.8 Å². The van der Waals surface area contributed by atoms with Gasteiger partial charge in [0.05, 0.1) is 10.0 Å². The minimum absolute atomic E-state index is 0.0437. The minimum Gasteiger partial charge on any atom is -0.315 e. The van der Waals surface area contributed by atoms with Gasteiger partial charge in [-0.15, -0.1) is 0 Å². The molecule has 18 heavy (non-hydrogen) atoms. The van der Waals surface area contributed by atoms with Crippen LogP contribution in [0.2, 0.25) is 10.0 Å². The van der Waals surface area contributed by atoms with Crippen molar-refractivity contribution < 1.29 is 4.79 Å². The lowest BCUT2D eigenvalue weighted by molar-refractivity contribution is -0.125. The van der Waals surface area contributed by atoms with E-state index in [4.69, 9.17) is 23.2 Å². The molecule has 4 heteroatoms. The van der Waals surface area contributed by atoms with Crippen LogP contribution in [0.15, 0.2) is 18.2 Å². The molecule has 1 aliphatic heterocycles. The van der Waals surface area contributed by atoms with E-state index in [1.165, 1.54) is 0 Å². The van der Waals surface area contributed by atoms with Crippen LogP contribution >= 0.6 is 23.2 Å². The summed E-state index contributed by atoms with van der Waals surface area (Å²) in [4.78, 5) is 12.2. The Morgan fingerprint density at radius 2 is 2.00 bits per heavy atom. The van der Waals surface area contributed by atoms with Crippen molar-refractivity contribution in [3.05, 3.63) is 33.8 Å². The van der Waals surface area contributed by atoms with Gasteiger partial charge in [-0.05, 0) is 17.7 Å². The van der Waals surface area contributed by atoms with Gasteiger partial charge in [-0.2, -0.15) is 0 Å². The summed E-state index contributed by atoms with van der Waals surface area (Å²) in [6.07, 6.45) is 0. The number of carbonyl (C=O) groups excluding carboxylic acids is 1. The number of hydrogen-bond acceptors (Lipinski definition) is 2. The zero-order valence-corrected chi connectivity index (χ0v) is 12.1. The number of rotatable bonds is 3. The van der Waals surface area contributed by atoms with Gasteiger partial charge in [0.15, 0.2) is 0 Å². The summed E-state index contributed by atoms with van der Waals surface area (Å²) < 4.78 is 0. The molecule has 2 nitrogen and oxygen atoms in total. The Kier molecular flexibility index (Phi) is 4.31. The zero-order chi connectivity index (χ0) is 13.3. The van der Waals surface area contributed by atoms with Crippen LogP contribution in [0.4, 0.5) is 0 Å². The lowest BCUT2D eigenvalue weighted by Crippen LogP contribution is -2.25. The molecule has 1 aliphatic rings. The summed E-state index contributed by atoms with van der Waals surface area (Å²) in [5, 5.41) is 4.40. The monoisotopic (exact) mass is 285 g/mol. The number of hydrogen-bond donors (Lipinski definition) is 1. The summed E-state index contributed by atoms with van der Waals surface area (Å²) in [6, 6.07) is 5.64. The van der Waals surface area contributed by atoms with Gasteiger partial charge >= 0.3 is 0 Å². The molecule has 1 aromatic rings. The summed E-state index contributed by atoms with van der Waals surface area (Å²) >= 11 is 12.0. The lowest BCUT2D eigenvalue weighted by atomic mass is 9.83. The molecule has 2 rings (SSSR count). The second-order valence-electron chi connectivity index (χ2n) is 5.10. The van der Waals surface area contributed by atoms with E-state index in [1.54, 1.807) is 6.07 Å². The standard InChI is InChI=1S/C14H17Cl2NO/c1-8(2)14(18)11-7-17-6-10(11)9-3-4-12(15)13(16)5-9/h3-5,8,10-11,17H,6-7H2,1-2H3/t10-,11+/m1/s1. The van der Waals surface area contributed by atoms with Crippen LogP contribution in [0.25, 0.3) is 0 Å². The number of nitrogens with one attached hydrogen (secondary N) is 1. The maximum Gasteiger partial charge on any atom is 0.140 e. The topological polar surface area (TPSA) is 29.1 Å². The lowest BCUT2D eigenvalue weighted by Gasteiger charge is -2.20. The second kappa shape index (κ2) is 5.60. The van der Waals surface area contributed by atoms with Crippen LogP contribution in [0.1, 0.15) is 25.3 Å². The fraction of sp³-hybridized carbons (Fsp3) is 0.500. The van der Waals surface area contributed by atoms with E-state index < -0.39 is 0 Å². The van der Waals surface area contributed by atoms with E-state index in [0.717, 1.165) is 18.7 Å². The second-order valence-corrected chi connectivity index (χ2v) is 5.92. The molecule has 0 unspecified atom stereocenters. The van der Waals surface area contributed by atoms with Gasteiger partial charge in [-0.1, -0.05) is 43.1 Å². The van der Waals surface area contributed by atoms with Crippen LogP contribution in [0.3, 0.4) is 0 Å². The highest BCUT2D eigenvalue weighted by Crippen LogP contribution is 2.33. The van der Waals surface area contributed by atoms with E-state index in [2.05, 4.69) is 5.32 Å². The van der Waals surface area contributed by atoms with Gasteiger partial charge in [0.25, 0.3) is 0 Å². The smallest absolute Gasteiger partial charge is 0.140 e. The van der Waals surface area contributed by atoms with Crippen LogP contribution in [-0.4, -0.2) is 18.9 Å². The third-order valence-corrected chi connectivity index (χ3v) is 4.26. The van der Waals surface area contributed by atoms with Gasteiger partial charge in [0.2, 0.25) is 0 Å². The van der Waals surface area contributed by atoms with Crippen molar-refractivity contribution in [1.82, 2.24) is 5.32 Å². The number of ketones is 1. The van der Waals surface area contributed by atoms with Crippen molar-refractivity contribution in [2.75, 3.05) is 13.1 Å². The molecular weight excluding hydrogens is 269 g/mol. The molecule has 2 atom stereocenters. The molecule has 0 saturated carbocycles. The van der Waals surface area contributed by atoms with E-state index >= 15 is 0 Å². The van der Waals surface area contributed by atoms with Gasteiger partial charge in [0.1, 0.15) is 5.78 Å². The van der Waals surface area contributed by atoms with E-state index in [0.29, 0.717) is 15.8 Å². The fourth-order valence-electron chi connectivity index (χ4n) is 2.50. The fourth-order valence-corrected chi connectivity index (χ4v) is 2.81. The molecule has 0 aliphatic carbocycles. The van der Waals surface area contributed by atoms with Crippen LogP contribution < -0.4 is 5.32 Å². The van der Waals surface area contributed by atoms with Crippen LogP contribution in [-0.2, 0) is 4.79 Å². The Morgan fingerprint density at radius 1 is 1.28 bits per heavy atom. The maximum absolute atomic E-state index is 12.2. The Morgan fingerprint density at radius 3 is 2.61 bits per heavy atom. The first-order chi connectivity index (χ1) is 8.50. The number of Topliss-reactive ketones (excluding diaryl/α,β-unsaturated/α-hetero) is 1. The molecule has 0 spiro atoms. The number of halogens is 2. The highest BCUT2D eigenvalue weighted by atomic mass is 35.5. The average Bonchev–Trinajstić information content (AvgIpc) is 2.80. The molecule has 0 aromatic heterocycles. The van der Waals surface area contributed by atoms with Crippen molar-refractivity contribution in [3.8, 4) is 0 Å². The predicted molar refractivity (Wildman–Crippen MR) is 75.4 cm³/mol. The van der Waals surface area contributed by atoms with Crippen LogP contribution in [0, 0.1) is 11.8 Å². The minimum atomic E-state index is 0.0437. The quantitative estimate of drug-likeness (QED) is 0.921. The predicted octanol–water partition coefficient (Wildman–Crippen LogP) is 3.52. The number of benzene rings is 1. The molecule has 1 saturated heterocycles. The SMILES string of the molecule is CC(C)C(=O)[C@H]1CNC[C@@H]1c1ccc(Cl)c(Cl)c1. The summed E-state index contributed by atoms with van der Waals surface area (Å²) in [5.74, 6) is 0.633. The summed E-state index contributed by atoms with van der Waals surface area (Å²) in [6.45, 7) is 5.47. The zero-order valence-electron chi connectivity index (χ0n) is 10.5. The molecule has 1 aromatic carbocycles. The third kappa shape index (κ3) is 2.71. The number of carbonyl (C=O) groups is 1. The normalized spacial score (nSPS) is 23.6. The molecule has 0 amide bonds. The highest BCUT2D eigenvalue weighted by molar-refractivity contribution is 6.42. The van der Waals surface area contributed by atoms with Gasteiger partial charge in [-0.25, -0.2) is 0 Å². The first kappa shape index (κ1) is 13.9. The summed E-state index contributed by atoms with van der Waals surface area (Å²) in [5.41, 5.74) is 1.09. The average molecular weight is 286 g/mol. The van der Waals surface area contributed by atoms with Gasteiger partial charge in [-0.3, -0.25) is 4.79 Å². The Balaban J connectivity index is 2.26. The Labute approximate surface area is 118 Å². The molecule has 0 radical (unpaired) electrons. The molecule has 98 valence electrons. The molecule has 0 bridgehead atoms. The Bertz CT molecular complexity index is 459. The highest BCUT2D eigenvalue weighted by Gasteiger charge is 2.34. The Hall–Kier alpha value is -0.570. The van der Waals surface area contributed by atoms with Crippen LogP contribution in [0.5, 0.6) is 0 Å². The van der Waals surface area contributed by atoms with Crippen molar-refractivity contribution in [3.63, 3.8) is 0 Å². The van der Waals surface area contributed by atoms with E-state index in [9.17, 15) is 4.79 Å². The van der Waals surface area contributed by atoms with Gasteiger partial charge < -0.3 is 5.32 Å². The summed E-state index contributed by atoms with van der Waals surface area (Å²) in [7, 11) is 0. The first-order valence-electron chi connectivity index (χ1n) is 6.20. The third-order valence-electron chi connectivity index (χ3n) is 3.52. The molecule has 1 heterocycles. The molecular formula is C14H17Cl2NO. The molecule has 1 N–H and O–H groups in total. The van der Waals surface area contributed by atoms with Gasteiger partial charge in [0, 0.05) is 30.8 Å². The van der Waals surface area contributed by atoms with Crippen molar-refractivity contribution in [1.29, 1.82) is 0 Å². The maximum atomic E-state index is 12.2. The molecule has 1 fully saturated rings.